The lowest BCUT2D eigenvalue weighted by molar-refractivity contribution is -0.121. The number of nitrogens with one attached hydrogen (secondary N) is 1. The Balaban J connectivity index is 1.52. The normalized spacial score (nSPS) is 11.1. The Kier molecular flexibility index (Phi) is 8.95. The van der Waals surface area contributed by atoms with Crippen molar-refractivity contribution in [2.45, 2.75) is 77.8 Å². The van der Waals surface area contributed by atoms with Crippen LogP contribution in [0.3, 0.4) is 0 Å². The Labute approximate surface area is 180 Å². The maximum Gasteiger partial charge on any atom is 0.220 e. The molecular weight excluding hydrogens is 370 g/mol. The number of carbonyl (C=O) groups is 1. The Morgan fingerprint density at radius 2 is 1.60 bits per heavy atom. The first-order valence-electron chi connectivity index (χ1n) is 11.5. The summed E-state index contributed by atoms with van der Waals surface area (Å²) in [4.78, 5) is 17.1. The van der Waals surface area contributed by atoms with Crippen LogP contribution in [0.5, 0.6) is 0 Å². The third kappa shape index (κ3) is 6.72. The van der Waals surface area contributed by atoms with Gasteiger partial charge in [0.05, 0.1) is 17.6 Å². The highest BCUT2D eigenvalue weighted by atomic mass is 16.1. The Hall–Kier alpha value is -2.62. The van der Waals surface area contributed by atoms with Gasteiger partial charge in [-0.3, -0.25) is 4.79 Å². The van der Waals surface area contributed by atoms with Gasteiger partial charge >= 0.3 is 0 Å². The molecule has 30 heavy (non-hydrogen) atoms. The van der Waals surface area contributed by atoms with Crippen molar-refractivity contribution in [2.24, 2.45) is 0 Å². The van der Waals surface area contributed by atoms with E-state index in [1.54, 1.807) is 0 Å². The summed E-state index contributed by atoms with van der Waals surface area (Å²) in [5.74, 6) is 1.03. The molecule has 0 fully saturated rings. The molecule has 0 saturated heterocycles. The summed E-state index contributed by atoms with van der Waals surface area (Å²) >= 11 is 0. The van der Waals surface area contributed by atoms with Crippen LogP contribution in [0, 0.1) is 0 Å². The second-order valence-electron chi connectivity index (χ2n) is 8.05. The maximum absolute atomic E-state index is 12.4. The summed E-state index contributed by atoms with van der Waals surface area (Å²) in [5.41, 5.74) is 3.37. The fraction of sp³-hybridized carbons (Fsp3) is 0.462. The van der Waals surface area contributed by atoms with E-state index in [4.69, 9.17) is 4.98 Å². The van der Waals surface area contributed by atoms with Gasteiger partial charge in [-0.1, -0.05) is 87.9 Å². The highest BCUT2D eigenvalue weighted by Crippen LogP contribution is 2.18. The molecule has 1 amide bonds. The number of unbranched alkanes of at least 4 members (excludes halogenated alkanes) is 6. The van der Waals surface area contributed by atoms with Crippen LogP contribution in [0.15, 0.2) is 54.6 Å². The molecule has 0 atom stereocenters. The monoisotopic (exact) mass is 405 g/mol. The number of para-hydroxylation sites is 2. The molecule has 0 aliphatic rings. The van der Waals surface area contributed by atoms with Gasteiger partial charge in [0.1, 0.15) is 5.82 Å². The van der Waals surface area contributed by atoms with Crippen LogP contribution in [-0.2, 0) is 24.3 Å². The molecule has 3 rings (SSSR count). The largest absolute Gasteiger partial charge is 0.349 e. The number of aromatic nitrogens is 2. The lowest BCUT2D eigenvalue weighted by Gasteiger charge is -2.10. The predicted molar refractivity (Wildman–Crippen MR) is 124 cm³/mol. The van der Waals surface area contributed by atoms with Gasteiger partial charge < -0.3 is 9.88 Å². The molecule has 0 aliphatic heterocycles. The standard InChI is InChI=1S/C26H35N3O/c1-2-3-4-5-6-7-13-20-29-24-17-12-11-16-23(24)28-25(29)21-27-26(30)19-18-22-14-9-8-10-15-22/h8-12,14-17H,2-7,13,18-21H2,1H3,(H,27,30). The molecule has 0 aliphatic carbocycles. The molecule has 4 heteroatoms. The summed E-state index contributed by atoms with van der Waals surface area (Å²) in [7, 11) is 0. The van der Waals surface area contributed by atoms with E-state index in [1.165, 1.54) is 44.1 Å². The number of aryl methyl sites for hydroxylation is 2. The number of rotatable bonds is 13. The van der Waals surface area contributed by atoms with Crippen molar-refractivity contribution in [1.29, 1.82) is 0 Å². The van der Waals surface area contributed by atoms with Crippen LogP contribution in [0.25, 0.3) is 11.0 Å². The molecule has 2 aromatic carbocycles. The highest BCUT2D eigenvalue weighted by Gasteiger charge is 2.11. The molecule has 0 radical (unpaired) electrons. The summed E-state index contributed by atoms with van der Waals surface area (Å²) in [6.45, 7) is 3.70. The van der Waals surface area contributed by atoms with E-state index >= 15 is 0 Å². The summed E-state index contributed by atoms with van der Waals surface area (Å²) in [5, 5.41) is 3.07. The number of amides is 1. The SMILES string of the molecule is CCCCCCCCCn1c(CNC(=O)CCc2ccccc2)nc2ccccc21. The van der Waals surface area contributed by atoms with Crippen molar-refractivity contribution in [3.63, 3.8) is 0 Å². The smallest absolute Gasteiger partial charge is 0.220 e. The van der Waals surface area contributed by atoms with Crippen molar-refractivity contribution in [2.75, 3.05) is 0 Å². The zero-order valence-electron chi connectivity index (χ0n) is 18.3. The number of hydrogen-bond donors (Lipinski definition) is 1. The third-order valence-corrected chi connectivity index (χ3v) is 5.65. The lowest BCUT2D eigenvalue weighted by atomic mass is 10.1. The van der Waals surface area contributed by atoms with Gasteiger partial charge in [0, 0.05) is 13.0 Å². The van der Waals surface area contributed by atoms with Crippen molar-refractivity contribution < 1.29 is 4.79 Å². The van der Waals surface area contributed by atoms with E-state index in [0.717, 1.165) is 36.2 Å². The van der Waals surface area contributed by atoms with E-state index in [9.17, 15) is 4.79 Å². The summed E-state index contributed by atoms with van der Waals surface area (Å²) in [6, 6.07) is 18.4. The molecular formula is C26H35N3O. The highest BCUT2D eigenvalue weighted by molar-refractivity contribution is 5.77. The fourth-order valence-corrected chi connectivity index (χ4v) is 3.91. The van der Waals surface area contributed by atoms with Crippen molar-refractivity contribution in [1.82, 2.24) is 14.9 Å². The van der Waals surface area contributed by atoms with Gasteiger partial charge in [-0.15, -0.1) is 0 Å². The van der Waals surface area contributed by atoms with Crippen LogP contribution >= 0.6 is 0 Å². The number of nitrogens with zero attached hydrogens (tertiary/aromatic N) is 2. The van der Waals surface area contributed by atoms with Gasteiger partial charge in [-0.05, 0) is 30.5 Å². The van der Waals surface area contributed by atoms with E-state index in [2.05, 4.69) is 47.1 Å². The molecule has 0 spiro atoms. The number of carbonyl (C=O) groups excluding carboxylic acids is 1. The second-order valence-corrected chi connectivity index (χ2v) is 8.05. The fourth-order valence-electron chi connectivity index (χ4n) is 3.91. The first kappa shape index (κ1) is 22.1. The minimum absolute atomic E-state index is 0.0772. The first-order chi connectivity index (χ1) is 14.8. The molecule has 1 heterocycles. The topological polar surface area (TPSA) is 46.9 Å². The third-order valence-electron chi connectivity index (χ3n) is 5.65. The van der Waals surface area contributed by atoms with Crippen LogP contribution < -0.4 is 5.32 Å². The molecule has 3 aromatic rings. The molecule has 4 nitrogen and oxygen atoms in total. The molecule has 1 aromatic heterocycles. The zero-order chi connectivity index (χ0) is 21.0. The average Bonchev–Trinajstić information content (AvgIpc) is 3.14. The van der Waals surface area contributed by atoms with Crippen molar-refractivity contribution >= 4 is 16.9 Å². The van der Waals surface area contributed by atoms with Crippen molar-refractivity contribution in [3.8, 4) is 0 Å². The van der Waals surface area contributed by atoms with Crippen LogP contribution in [0.1, 0.15) is 69.7 Å². The van der Waals surface area contributed by atoms with Crippen molar-refractivity contribution in [3.05, 3.63) is 66.0 Å². The molecule has 0 unspecified atom stereocenters. The minimum Gasteiger partial charge on any atom is -0.349 e. The van der Waals surface area contributed by atoms with Gasteiger partial charge in [-0.2, -0.15) is 0 Å². The maximum atomic E-state index is 12.4. The summed E-state index contributed by atoms with van der Waals surface area (Å²) in [6.07, 6.45) is 10.3. The van der Waals surface area contributed by atoms with Gasteiger partial charge in [0.25, 0.3) is 0 Å². The van der Waals surface area contributed by atoms with E-state index in [0.29, 0.717) is 13.0 Å². The second kappa shape index (κ2) is 12.2. The number of benzene rings is 2. The van der Waals surface area contributed by atoms with Gasteiger partial charge in [-0.25, -0.2) is 4.98 Å². The predicted octanol–water partition coefficient (Wildman–Crippen LogP) is 6.04. The van der Waals surface area contributed by atoms with Crippen LogP contribution in [-0.4, -0.2) is 15.5 Å². The van der Waals surface area contributed by atoms with Crippen LogP contribution in [0.4, 0.5) is 0 Å². The Bertz CT molecular complexity index is 901. The minimum atomic E-state index is 0.0772. The Morgan fingerprint density at radius 3 is 2.40 bits per heavy atom. The number of fused-ring (bicyclic) bond motifs is 1. The van der Waals surface area contributed by atoms with E-state index in [1.807, 2.05) is 24.3 Å². The quantitative estimate of drug-likeness (QED) is 0.353. The molecule has 0 bridgehead atoms. The molecule has 1 N–H and O–H groups in total. The lowest BCUT2D eigenvalue weighted by Crippen LogP contribution is -2.25. The Morgan fingerprint density at radius 1 is 0.900 bits per heavy atom. The zero-order valence-corrected chi connectivity index (χ0v) is 18.3. The number of hydrogen-bond acceptors (Lipinski definition) is 2. The van der Waals surface area contributed by atoms with E-state index < -0.39 is 0 Å². The van der Waals surface area contributed by atoms with Crippen LogP contribution in [0.2, 0.25) is 0 Å². The molecule has 160 valence electrons. The van der Waals surface area contributed by atoms with Gasteiger partial charge in [0.15, 0.2) is 0 Å². The molecule has 0 saturated carbocycles. The average molecular weight is 406 g/mol. The van der Waals surface area contributed by atoms with E-state index in [-0.39, 0.29) is 5.91 Å². The first-order valence-corrected chi connectivity index (χ1v) is 11.5. The summed E-state index contributed by atoms with van der Waals surface area (Å²) < 4.78 is 2.29. The number of imidazole rings is 1. The van der Waals surface area contributed by atoms with Gasteiger partial charge in [0.2, 0.25) is 5.91 Å².